The van der Waals surface area contributed by atoms with Crippen LogP contribution < -0.4 is 0 Å². The monoisotopic (exact) mass is 302 g/mol. The Hall–Kier alpha value is -1.38. The van der Waals surface area contributed by atoms with E-state index in [4.69, 9.17) is 16.0 Å². The molecule has 3 rings (SSSR count). The van der Waals surface area contributed by atoms with Crippen molar-refractivity contribution in [3.63, 3.8) is 0 Å². The third kappa shape index (κ3) is 2.46. The molecule has 0 amide bonds. The van der Waals surface area contributed by atoms with Crippen LogP contribution in [0.3, 0.4) is 0 Å². The van der Waals surface area contributed by atoms with Crippen molar-refractivity contribution in [2.45, 2.75) is 19.1 Å². The first kappa shape index (κ1) is 13.6. The van der Waals surface area contributed by atoms with Gasteiger partial charge in [0.15, 0.2) is 5.58 Å². The number of fused-ring (bicyclic) bond motifs is 1. The Balaban J connectivity index is 2.10. The molecule has 0 bridgehead atoms. The summed E-state index contributed by atoms with van der Waals surface area (Å²) in [5.41, 5.74) is 4.35. The molecule has 0 aliphatic heterocycles. The van der Waals surface area contributed by atoms with Gasteiger partial charge >= 0.3 is 0 Å². The Morgan fingerprint density at radius 3 is 2.45 bits per heavy atom. The van der Waals surface area contributed by atoms with Gasteiger partial charge in [0.2, 0.25) is 0 Å². The van der Waals surface area contributed by atoms with Gasteiger partial charge in [0.25, 0.3) is 0 Å². The van der Waals surface area contributed by atoms with Crippen LogP contribution in [0.5, 0.6) is 0 Å². The Kier molecular flexibility index (Phi) is 3.77. The van der Waals surface area contributed by atoms with Crippen LogP contribution in [0.25, 0.3) is 22.1 Å². The first-order valence-electron chi connectivity index (χ1n) is 6.63. The van der Waals surface area contributed by atoms with Gasteiger partial charge in [-0.1, -0.05) is 42.8 Å². The Morgan fingerprint density at radius 1 is 1.05 bits per heavy atom. The minimum Gasteiger partial charge on any atom is -0.459 e. The maximum absolute atomic E-state index is 6.32. The van der Waals surface area contributed by atoms with E-state index in [-0.39, 0.29) is 0 Å². The standard InChI is InChI=1S/C17H15ClOS/c1-2-11-3-5-12(6-4-11)13-7-14-8-15(10-20)19-17(14)16(18)9-13/h3-9,20H,2,10H2,1H3. The number of furan rings is 1. The fourth-order valence-corrected chi connectivity index (χ4v) is 2.76. The third-order valence-corrected chi connectivity index (χ3v) is 4.07. The molecule has 3 aromatic rings. The van der Waals surface area contributed by atoms with Crippen LogP contribution in [0.2, 0.25) is 5.02 Å². The maximum atomic E-state index is 6.32. The lowest BCUT2D eigenvalue weighted by molar-refractivity contribution is 0.575. The second-order valence-electron chi connectivity index (χ2n) is 4.80. The van der Waals surface area contributed by atoms with Crippen LogP contribution in [0.1, 0.15) is 18.2 Å². The van der Waals surface area contributed by atoms with Crippen molar-refractivity contribution in [3.8, 4) is 11.1 Å². The molecule has 1 aromatic heterocycles. The molecule has 0 aliphatic carbocycles. The van der Waals surface area contributed by atoms with Crippen molar-refractivity contribution < 1.29 is 4.42 Å². The van der Waals surface area contributed by atoms with Crippen LogP contribution in [0.4, 0.5) is 0 Å². The van der Waals surface area contributed by atoms with Crippen LogP contribution >= 0.6 is 24.2 Å². The molecule has 3 heteroatoms. The van der Waals surface area contributed by atoms with Gasteiger partial charge in [-0.25, -0.2) is 0 Å². The van der Waals surface area contributed by atoms with E-state index in [0.29, 0.717) is 10.8 Å². The first-order valence-corrected chi connectivity index (χ1v) is 7.64. The zero-order chi connectivity index (χ0) is 14.1. The lowest BCUT2D eigenvalue weighted by atomic mass is 10.0. The van der Waals surface area contributed by atoms with Crippen molar-refractivity contribution in [2.75, 3.05) is 0 Å². The molecule has 0 saturated heterocycles. The number of benzene rings is 2. The lowest BCUT2D eigenvalue weighted by Gasteiger charge is -2.04. The second-order valence-corrected chi connectivity index (χ2v) is 5.52. The Bertz CT molecular complexity index is 744. The van der Waals surface area contributed by atoms with Crippen LogP contribution in [0.15, 0.2) is 46.9 Å². The molecule has 0 atom stereocenters. The van der Waals surface area contributed by atoms with Crippen LogP contribution in [0, 0.1) is 0 Å². The van der Waals surface area contributed by atoms with Gasteiger partial charge in [-0.3, -0.25) is 0 Å². The summed E-state index contributed by atoms with van der Waals surface area (Å²) < 4.78 is 5.67. The highest BCUT2D eigenvalue weighted by molar-refractivity contribution is 7.79. The average molecular weight is 303 g/mol. The zero-order valence-corrected chi connectivity index (χ0v) is 12.8. The highest BCUT2D eigenvalue weighted by Gasteiger charge is 2.09. The number of hydrogen-bond acceptors (Lipinski definition) is 2. The normalized spacial score (nSPS) is 11.2. The first-order chi connectivity index (χ1) is 9.71. The highest BCUT2D eigenvalue weighted by atomic mass is 35.5. The highest BCUT2D eigenvalue weighted by Crippen LogP contribution is 2.33. The zero-order valence-electron chi connectivity index (χ0n) is 11.2. The van der Waals surface area contributed by atoms with E-state index in [1.807, 2.05) is 12.1 Å². The summed E-state index contributed by atoms with van der Waals surface area (Å²) in [6, 6.07) is 14.6. The van der Waals surface area contributed by atoms with E-state index in [0.717, 1.165) is 28.7 Å². The molecule has 1 nitrogen and oxygen atoms in total. The molecule has 0 saturated carbocycles. The molecule has 20 heavy (non-hydrogen) atoms. The van der Waals surface area contributed by atoms with Crippen molar-refractivity contribution in [3.05, 3.63) is 58.8 Å². The second kappa shape index (κ2) is 5.55. The predicted molar refractivity (Wildman–Crippen MR) is 88.7 cm³/mol. The smallest absolute Gasteiger partial charge is 0.152 e. The fraction of sp³-hybridized carbons (Fsp3) is 0.176. The summed E-state index contributed by atoms with van der Waals surface area (Å²) in [6.45, 7) is 2.16. The van der Waals surface area contributed by atoms with Crippen molar-refractivity contribution >= 4 is 35.2 Å². The summed E-state index contributed by atoms with van der Waals surface area (Å²) in [5.74, 6) is 1.41. The minimum atomic E-state index is 0.575. The molecule has 0 spiro atoms. The largest absolute Gasteiger partial charge is 0.459 e. The molecule has 0 unspecified atom stereocenters. The van der Waals surface area contributed by atoms with Gasteiger partial charge in [0, 0.05) is 11.1 Å². The Morgan fingerprint density at radius 2 is 1.80 bits per heavy atom. The van der Waals surface area contributed by atoms with Gasteiger partial charge in [-0.2, -0.15) is 12.6 Å². The van der Waals surface area contributed by atoms with Crippen LogP contribution in [-0.4, -0.2) is 0 Å². The molecule has 1 heterocycles. The summed E-state index contributed by atoms with van der Waals surface area (Å²) in [5, 5.41) is 1.67. The predicted octanol–water partition coefficient (Wildman–Crippen LogP) is 5.75. The fourth-order valence-electron chi connectivity index (χ4n) is 2.34. The number of aryl methyl sites for hydroxylation is 1. The van der Waals surface area contributed by atoms with E-state index in [1.165, 1.54) is 11.1 Å². The molecule has 0 fully saturated rings. The van der Waals surface area contributed by atoms with Gasteiger partial charge < -0.3 is 4.42 Å². The molecule has 0 N–H and O–H groups in total. The van der Waals surface area contributed by atoms with Gasteiger partial charge in [-0.15, -0.1) is 0 Å². The Labute approximate surface area is 129 Å². The summed E-state index contributed by atoms with van der Waals surface area (Å²) >= 11 is 10.6. The lowest BCUT2D eigenvalue weighted by Crippen LogP contribution is -1.82. The van der Waals surface area contributed by atoms with Crippen LogP contribution in [-0.2, 0) is 12.2 Å². The minimum absolute atomic E-state index is 0.575. The third-order valence-electron chi connectivity index (χ3n) is 3.47. The van der Waals surface area contributed by atoms with Crippen molar-refractivity contribution in [2.24, 2.45) is 0 Å². The summed E-state index contributed by atoms with van der Waals surface area (Å²) in [6.07, 6.45) is 1.05. The van der Waals surface area contributed by atoms with E-state index < -0.39 is 0 Å². The van der Waals surface area contributed by atoms with Gasteiger partial charge in [-0.05, 0) is 41.3 Å². The molecule has 0 radical (unpaired) electrons. The van der Waals surface area contributed by atoms with E-state index in [2.05, 4.69) is 49.9 Å². The molecule has 102 valence electrons. The molecular formula is C17H15ClOS. The number of thiol groups is 1. The molecule has 0 aliphatic rings. The summed E-state index contributed by atoms with van der Waals surface area (Å²) in [4.78, 5) is 0. The van der Waals surface area contributed by atoms with Crippen molar-refractivity contribution in [1.82, 2.24) is 0 Å². The summed E-state index contributed by atoms with van der Waals surface area (Å²) in [7, 11) is 0. The number of rotatable bonds is 3. The SMILES string of the molecule is CCc1ccc(-c2cc(Cl)c3oc(CS)cc3c2)cc1. The molecular weight excluding hydrogens is 288 g/mol. The maximum Gasteiger partial charge on any atom is 0.152 e. The topological polar surface area (TPSA) is 13.1 Å². The van der Waals surface area contributed by atoms with Gasteiger partial charge in [0.1, 0.15) is 5.76 Å². The van der Waals surface area contributed by atoms with E-state index >= 15 is 0 Å². The molecule has 2 aromatic carbocycles. The number of hydrogen-bond donors (Lipinski definition) is 1. The van der Waals surface area contributed by atoms with Crippen molar-refractivity contribution in [1.29, 1.82) is 0 Å². The van der Waals surface area contributed by atoms with Gasteiger partial charge in [0.05, 0.1) is 5.02 Å². The van der Waals surface area contributed by atoms with E-state index in [9.17, 15) is 0 Å². The van der Waals surface area contributed by atoms with E-state index in [1.54, 1.807) is 0 Å². The number of halogens is 1. The average Bonchev–Trinajstić information content (AvgIpc) is 2.91. The quantitative estimate of drug-likeness (QED) is 0.608.